The maximum absolute atomic E-state index is 12.1. The van der Waals surface area contributed by atoms with Gasteiger partial charge in [-0.25, -0.2) is 4.79 Å². The first-order chi connectivity index (χ1) is 9.57. The Hall–Kier alpha value is -1.88. The molecular weight excluding hydrogens is 258 g/mol. The molecule has 1 amide bonds. The Morgan fingerprint density at radius 2 is 1.95 bits per heavy atom. The van der Waals surface area contributed by atoms with Crippen LogP contribution in [0.3, 0.4) is 0 Å². The van der Waals surface area contributed by atoms with Crippen molar-refractivity contribution in [3.8, 4) is 0 Å². The van der Waals surface area contributed by atoms with E-state index >= 15 is 0 Å². The second kappa shape index (κ2) is 6.05. The summed E-state index contributed by atoms with van der Waals surface area (Å²) in [5.74, 6) is -0.928. The highest BCUT2D eigenvalue weighted by atomic mass is 16.5. The molecule has 1 aliphatic carbocycles. The van der Waals surface area contributed by atoms with Gasteiger partial charge in [-0.05, 0) is 37.5 Å². The lowest BCUT2D eigenvalue weighted by Crippen LogP contribution is -2.34. The summed E-state index contributed by atoms with van der Waals surface area (Å²) < 4.78 is 5.35. The second-order valence-electron chi connectivity index (χ2n) is 5.10. The van der Waals surface area contributed by atoms with Gasteiger partial charge < -0.3 is 15.2 Å². The number of benzene rings is 1. The summed E-state index contributed by atoms with van der Waals surface area (Å²) in [6.45, 7) is 3.42. The summed E-state index contributed by atoms with van der Waals surface area (Å²) in [6, 6.07) is 6.51. The zero-order valence-electron chi connectivity index (χ0n) is 11.5. The van der Waals surface area contributed by atoms with Crippen LogP contribution in [0.5, 0.6) is 0 Å². The predicted molar refractivity (Wildman–Crippen MR) is 73.4 cm³/mol. The first-order valence-electron chi connectivity index (χ1n) is 6.76. The number of amides is 1. The van der Waals surface area contributed by atoms with Crippen molar-refractivity contribution in [1.29, 1.82) is 0 Å². The van der Waals surface area contributed by atoms with Gasteiger partial charge in [0.1, 0.15) is 0 Å². The molecule has 0 atom stereocenters. The van der Waals surface area contributed by atoms with Crippen molar-refractivity contribution in [3.05, 3.63) is 35.4 Å². The zero-order valence-corrected chi connectivity index (χ0v) is 11.5. The van der Waals surface area contributed by atoms with Gasteiger partial charge in [-0.15, -0.1) is 0 Å². The number of carbonyl (C=O) groups is 2. The van der Waals surface area contributed by atoms with E-state index in [0.29, 0.717) is 19.8 Å². The Morgan fingerprint density at radius 3 is 2.45 bits per heavy atom. The molecule has 0 aromatic heterocycles. The molecule has 0 saturated heterocycles. The molecule has 1 aromatic carbocycles. The van der Waals surface area contributed by atoms with Crippen LogP contribution in [0.2, 0.25) is 0 Å². The third-order valence-electron chi connectivity index (χ3n) is 3.57. The molecule has 0 unspecified atom stereocenters. The number of carbonyl (C=O) groups excluding carboxylic acids is 1. The van der Waals surface area contributed by atoms with Crippen molar-refractivity contribution in [1.82, 2.24) is 5.32 Å². The molecule has 2 N–H and O–H groups in total. The van der Waals surface area contributed by atoms with Crippen LogP contribution in [0.1, 0.15) is 35.7 Å². The van der Waals surface area contributed by atoms with Crippen LogP contribution in [0.25, 0.3) is 0 Å². The minimum atomic E-state index is -0.950. The van der Waals surface area contributed by atoms with Crippen LogP contribution in [0.4, 0.5) is 0 Å². The Morgan fingerprint density at radius 1 is 1.30 bits per heavy atom. The van der Waals surface area contributed by atoms with Gasteiger partial charge in [0.05, 0.1) is 17.6 Å². The van der Waals surface area contributed by atoms with Gasteiger partial charge in [0.25, 0.3) is 0 Å². The molecule has 2 rings (SSSR count). The lowest BCUT2D eigenvalue weighted by Gasteiger charge is -2.15. The number of hydrogen-bond acceptors (Lipinski definition) is 3. The topological polar surface area (TPSA) is 75.6 Å². The number of carboxylic acids is 1. The van der Waals surface area contributed by atoms with E-state index in [4.69, 9.17) is 9.84 Å². The monoisotopic (exact) mass is 277 g/mol. The quantitative estimate of drug-likeness (QED) is 0.797. The van der Waals surface area contributed by atoms with Gasteiger partial charge in [0.2, 0.25) is 5.91 Å². The Bertz CT molecular complexity index is 491. The van der Waals surface area contributed by atoms with Crippen LogP contribution in [-0.2, 0) is 16.1 Å². The fraction of sp³-hybridized carbons (Fsp3) is 0.467. The summed E-state index contributed by atoms with van der Waals surface area (Å²) in [7, 11) is 0. The molecule has 0 heterocycles. The van der Waals surface area contributed by atoms with E-state index in [1.165, 1.54) is 12.1 Å². The minimum absolute atomic E-state index is 0.0215. The lowest BCUT2D eigenvalue weighted by atomic mass is 10.1. The fourth-order valence-electron chi connectivity index (χ4n) is 2.02. The van der Waals surface area contributed by atoms with Gasteiger partial charge >= 0.3 is 5.97 Å². The average molecular weight is 277 g/mol. The molecule has 5 nitrogen and oxygen atoms in total. The van der Waals surface area contributed by atoms with Crippen LogP contribution >= 0.6 is 0 Å². The first kappa shape index (κ1) is 14.5. The summed E-state index contributed by atoms with van der Waals surface area (Å²) in [4.78, 5) is 22.8. The molecule has 1 fully saturated rings. The van der Waals surface area contributed by atoms with Gasteiger partial charge in [0, 0.05) is 13.2 Å². The lowest BCUT2D eigenvalue weighted by molar-refractivity contribution is -0.128. The SMILES string of the molecule is CCOCC1(C(=O)NCc2ccc(C(=O)O)cc2)CC1. The number of hydrogen-bond donors (Lipinski definition) is 2. The summed E-state index contributed by atoms with van der Waals surface area (Å²) in [6.07, 6.45) is 1.74. The van der Waals surface area contributed by atoms with Crippen molar-refractivity contribution in [2.45, 2.75) is 26.3 Å². The van der Waals surface area contributed by atoms with Crippen molar-refractivity contribution in [3.63, 3.8) is 0 Å². The van der Waals surface area contributed by atoms with Crippen molar-refractivity contribution >= 4 is 11.9 Å². The number of nitrogens with one attached hydrogen (secondary N) is 1. The zero-order chi connectivity index (χ0) is 14.6. The normalized spacial score (nSPS) is 15.7. The van der Waals surface area contributed by atoms with Crippen LogP contribution < -0.4 is 5.32 Å². The minimum Gasteiger partial charge on any atom is -0.478 e. The van der Waals surface area contributed by atoms with Crippen LogP contribution in [0.15, 0.2) is 24.3 Å². The molecule has 0 bridgehead atoms. The summed E-state index contributed by atoms with van der Waals surface area (Å²) in [5, 5.41) is 11.7. The summed E-state index contributed by atoms with van der Waals surface area (Å²) >= 11 is 0. The maximum Gasteiger partial charge on any atom is 0.335 e. The van der Waals surface area contributed by atoms with Gasteiger partial charge in [-0.1, -0.05) is 12.1 Å². The molecule has 108 valence electrons. The van der Waals surface area contributed by atoms with Gasteiger partial charge in [0.15, 0.2) is 0 Å². The standard InChI is InChI=1S/C15H19NO4/c1-2-20-10-15(7-8-15)14(19)16-9-11-3-5-12(6-4-11)13(17)18/h3-6H,2,7-10H2,1H3,(H,16,19)(H,17,18). The molecule has 1 aliphatic rings. The number of ether oxygens (including phenoxy) is 1. The highest BCUT2D eigenvalue weighted by Gasteiger charge is 2.49. The largest absolute Gasteiger partial charge is 0.478 e. The first-order valence-corrected chi connectivity index (χ1v) is 6.76. The molecule has 1 saturated carbocycles. The van der Waals surface area contributed by atoms with Crippen molar-refractivity contribution in [2.24, 2.45) is 5.41 Å². The van der Waals surface area contributed by atoms with E-state index in [1.54, 1.807) is 12.1 Å². The molecule has 0 radical (unpaired) electrons. The second-order valence-corrected chi connectivity index (χ2v) is 5.10. The van der Waals surface area contributed by atoms with E-state index < -0.39 is 5.97 Å². The predicted octanol–water partition coefficient (Wildman–Crippen LogP) is 1.82. The average Bonchev–Trinajstić information content (AvgIpc) is 3.24. The van der Waals surface area contributed by atoms with E-state index in [9.17, 15) is 9.59 Å². The van der Waals surface area contributed by atoms with Gasteiger partial charge in [-0.2, -0.15) is 0 Å². The Kier molecular flexibility index (Phi) is 4.39. The summed E-state index contributed by atoms with van der Waals surface area (Å²) in [5.41, 5.74) is 0.794. The van der Waals surface area contributed by atoms with Gasteiger partial charge in [-0.3, -0.25) is 4.79 Å². The van der Waals surface area contributed by atoms with Crippen molar-refractivity contribution < 1.29 is 19.4 Å². The highest BCUT2D eigenvalue weighted by molar-refractivity contribution is 5.87. The van der Waals surface area contributed by atoms with E-state index in [2.05, 4.69) is 5.32 Å². The van der Waals surface area contributed by atoms with Crippen LogP contribution in [0, 0.1) is 5.41 Å². The third kappa shape index (κ3) is 3.36. The molecule has 0 aliphatic heterocycles. The number of aromatic carboxylic acids is 1. The van der Waals surface area contributed by atoms with E-state index in [-0.39, 0.29) is 16.9 Å². The molecule has 1 aromatic rings. The molecule has 20 heavy (non-hydrogen) atoms. The molecule has 5 heteroatoms. The fourth-order valence-corrected chi connectivity index (χ4v) is 2.02. The van der Waals surface area contributed by atoms with E-state index in [0.717, 1.165) is 18.4 Å². The van der Waals surface area contributed by atoms with E-state index in [1.807, 2.05) is 6.92 Å². The van der Waals surface area contributed by atoms with Crippen LogP contribution in [-0.4, -0.2) is 30.2 Å². The smallest absolute Gasteiger partial charge is 0.335 e. The number of rotatable bonds is 7. The Balaban J connectivity index is 1.86. The molecule has 0 spiro atoms. The highest BCUT2D eigenvalue weighted by Crippen LogP contribution is 2.46. The Labute approximate surface area is 117 Å². The molecular formula is C15H19NO4. The maximum atomic E-state index is 12.1. The van der Waals surface area contributed by atoms with Crippen molar-refractivity contribution in [2.75, 3.05) is 13.2 Å². The number of carboxylic acid groups (broad SMARTS) is 1. The third-order valence-corrected chi connectivity index (χ3v) is 3.57.